The summed E-state index contributed by atoms with van der Waals surface area (Å²) in [6.45, 7) is 4.51. The van der Waals surface area contributed by atoms with Crippen LogP contribution in [0.4, 0.5) is 0 Å². The van der Waals surface area contributed by atoms with Crippen molar-refractivity contribution >= 4 is 11.1 Å². The van der Waals surface area contributed by atoms with E-state index in [9.17, 15) is 4.79 Å². The first-order chi connectivity index (χ1) is 10.1. The Balaban J connectivity index is 2.15. The molecule has 3 aromatic rings. The highest BCUT2D eigenvalue weighted by molar-refractivity contribution is 5.81. The van der Waals surface area contributed by atoms with Crippen LogP contribution in [-0.2, 0) is 6.54 Å². The molecule has 0 bridgehead atoms. The van der Waals surface area contributed by atoms with E-state index >= 15 is 0 Å². The van der Waals surface area contributed by atoms with Crippen molar-refractivity contribution < 1.29 is 9.15 Å². The maximum atomic E-state index is 11.7. The Morgan fingerprint density at radius 1 is 1.33 bits per heavy atom. The van der Waals surface area contributed by atoms with Crippen LogP contribution in [0, 0.1) is 6.92 Å². The fraction of sp³-hybridized carbons (Fsp3) is 0.250. The molecule has 5 nitrogen and oxygen atoms in total. The Hall–Kier alpha value is -2.56. The second-order valence-corrected chi connectivity index (χ2v) is 4.84. The van der Waals surface area contributed by atoms with Crippen LogP contribution in [0.5, 0.6) is 5.88 Å². The number of benzene rings is 1. The number of aromatic nitrogens is 2. The Labute approximate surface area is 121 Å². The summed E-state index contributed by atoms with van der Waals surface area (Å²) < 4.78 is 12.0. The number of pyridine rings is 1. The van der Waals surface area contributed by atoms with Gasteiger partial charge in [0.2, 0.25) is 5.88 Å². The molecule has 0 saturated heterocycles. The molecule has 0 aliphatic heterocycles. The summed E-state index contributed by atoms with van der Waals surface area (Å²) in [6, 6.07) is 7.63. The molecule has 0 amide bonds. The zero-order chi connectivity index (χ0) is 15.0. The number of hydrogen-bond acceptors (Lipinski definition) is 4. The molecule has 0 N–H and O–H groups in total. The van der Waals surface area contributed by atoms with Crippen molar-refractivity contribution in [3.63, 3.8) is 0 Å². The number of fused-ring (bicyclic) bond motifs is 1. The predicted molar refractivity (Wildman–Crippen MR) is 80.7 cm³/mol. The van der Waals surface area contributed by atoms with E-state index in [4.69, 9.17) is 9.15 Å². The Morgan fingerprint density at radius 3 is 2.81 bits per heavy atom. The Bertz CT molecular complexity index is 862. The van der Waals surface area contributed by atoms with Gasteiger partial charge in [0.05, 0.1) is 12.6 Å². The van der Waals surface area contributed by atoms with Crippen LogP contribution in [0.25, 0.3) is 22.2 Å². The third-order valence-corrected chi connectivity index (χ3v) is 3.59. The van der Waals surface area contributed by atoms with E-state index in [1.54, 1.807) is 17.9 Å². The van der Waals surface area contributed by atoms with Crippen LogP contribution in [0.15, 0.2) is 39.7 Å². The Kier molecular flexibility index (Phi) is 3.25. The van der Waals surface area contributed by atoms with Crippen molar-refractivity contribution in [2.24, 2.45) is 0 Å². The lowest BCUT2D eigenvalue weighted by molar-refractivity contribution is 0.397. The van der Waals surface area contributed by atoms with Gasteiger partial charge in [0.25, 0.3) is 0 Å². The van der Waals surface area contributed by atoms with Gasteiger partial charge in [0.15, 0.2) is 5.58 Å². The van der Waals surface area contributed by atoms with Crippen LogP contribution in [0.3, 0.4) is 0 Å². The van der Waals surface area contributed by atoms with Crippen LogP contribution in [0.1, 0.15) is 12.5 Å². The highest BCUT2D eigenvalue weighted by Crippen LogP contribution is 2.27. The van der Waals surface area contributed by atoms with Crippen molar-refractivity contribution in [1.82, 2.24) is 9.55 Å². The van der Waals surface area contributed by atoms with Gasteiger partial charge in [-0.3, -0.25) is 4.57 Å². The lowest BCUT2D eigenvalue weighted by Crippen LogP contribution is -2.11. The van der Waals surface area contributed by atoms with E-state index in [0.29, 0.717) is 18.0 Å². The monoisotopic (exact) mass is 284 g/mol. The lowest BCUT2D eigenvalue weighted by atomic mass is 10.0. The van der Waals surface area contributed by atoms with Gasteiger partial charge in [0, 0.05) is 24.4 Å². The van der Waals surface area contributed by atoms with E-state index in [0.717, 1.165) is 22.2 Å². The number of ether oxygens (including phenoxy) is 1. The molecule has 0 aliphatic rings. The third kappa shape index (κ3) is 2.20. The van der Waals surface area contributed by atoms with E-state index in [-0.39, 0.29) is 5.76 Å². The number of methoxy groups -OCH3 is 1. The fourth-order valence-electron chi connectivity index (χ4n) is 2.48. The molecule has 0 saturated carbocycles. The van der Waals surface area contributed by atoms with Gasteiger partial charge in [0.1, 0.15) is 0 Å². The second kappa shape index (κ2) is 5.09. The average molecular weight is 284 g/mol. The van der Waals surface area contributed by atoms with Crippen LogP contribution < -0.4 is 10.5 Å². The maximum absolute atomic E-state index is 11.7. The van der Waals surface area contributed by atoms with Gasteiger partial charge in [-0.15, -0.1) is 0 Å². The van der Waals surface area contributed by atoms with Crippen LogP contribution in [0.2, 0.25) is 0 Å². The second-order valence-electron chi connectivity index (χ2n) is 4.84. The smallest absolute Gasteiger partial charge is 0.419 e. The molecule has 0 fully saturated rings. The van der Waals surface area contributed by atoms with Crippen molar-refractivity contribution in [3.05, 3.63) is 46.6 Å². The fourth-order valence-corrected chi connectivity index (χ4v) is 2.48. The van der Waals surface area contributed by atoms with E-state index in [1.807, 2.05) is 38.1 Å². The number of hydrogen-bond donors (Lipinski definition) is 0. The zero-order valence-electron chi connectivity index (χ0n) is 12.2. The molecule has 3 rings (SSSR count). The molecule has 5 heteroatoms. The van der Waals surface area contributed by atoms with E-state index < -0.39 is 0 Å². The molecular weight excluding hydrogens is 268 g/mol. The molecule has 1 aromatic carbocycles. The largest absolute Gasteiger partial charge is 0.481 e. The lowest BCUT2D eigenvalue weighted by Gasteiger charge is -2.07. The molecule has 0 radical (unpaired) electrons. The molecule has 0 aliphatic carbocycles. The van der Waals surface area contributed by atoms with Gasteiger partial charge < -0.3 is 9.15 Å². The maximum Gasteiger partial charge on any atom is 0.419 e. The zero-order valence-corrected chi connectivity index (χ0v) is 12.2. The minimum Gasteiger partial charge on any atom is -0.481 e. The third-order valence-electron chi connectivity index (χ3n) is 3.59. The first kappa shape index (κ1) is 13.4. The van der Waals surface area contributed by atoms with Gasteiger partial charge >= 0.3 is 5.76 Å². The summed E-state index contributed by atoms with van der Waals surface area (Å²) in [5.74, 6) is 0.259. The molecule has 2 heterocycles. The number of aryl methyl sites for hydroxylation is 2. The predicted octanol–water partition coefficient (Wildman–Crippen LogP) is 2.99. The summed E-state index contributed by atoms with van der Waals surface area (Å²) in [5, 5.41) is 0. The molecule has 2 aromatic heterocycles. The minimum absolute atomic E-state index is 0.325. The summed E-state index contributed by atoms with van der Waals surface area (Å²) in [4.78, 5) is 16.0. The highest BCUT2D eigenvalue weighted by atomic mass is 16.5. The highest BCUT2D eigenvalue weighted by Gasteiger charge is 2.11. The molecular formula is C16H16N2O3. The van der Waals surface area contributed by atoms with Crippen molar-refractivity contribution in [2.75, 3.05) is 7.11 Å². The normalized spacial score (nSPS) is 11.0. The van der Waals surface area contributed by atoms with Crippen molar-refractivity contribution in [1.29, 1.82) is 0 Å². The van der Waals surface area contributed by atoms with Gasteiger partial charge in [-0.05, 0) is 37.1 Å². The van der Waals surface area contributed by atoms with Crippen molar-refractivity contribution in [2.45, 2.75) is 20.4 Å². The summed E-state index contributed by atoms with van der Waals surface area (Å²) in [7, 11) is 1.59. The van der Waals surface area contributed by atoms with Gasteiger partial charge in [-0.2, -0.15) is 0 Å². The number of rotatable bonds is 3. The van der Waals surface area contributed by atoms with Gasteiger partial charge in [-0.25, -0.2) is 9.78 Å². The number of nitrogens with zero attached hydrogens (tertiary/aromatic N) is 2. The Morgan fingerprint density at radius 2 is 2.14 bits per heavy atom. The molecule has 108 valence electrons. The summed E-state index contributed by atoms with van der Waals surface area (Å²) in [6.07, 6.45) is 1.77. The molecule has 21 heavy (non-hydrogen) atoms. The van der Waals surface area contributed by atoms with Crippen LogP contribution in [-0.4, -0.2) is 16.7 Å². The summed E-state index contributed by atoms with van der Waals surface area (Å²) >= 11 is 0. The summed E-state index contributed by atoms with van der Waals surface area (Å²) in [5.41, 5.74) is 4.41. The number of oxazole rings is 1. The first-order valence-corrected chi connectivity index (χ1v) is 6.78. The van der Waals surface area contributed by atoms with Crippen LogP contribution >= 0.6 is 0 Å². The standard InChI is InChI=1S/C16H16N2O3/c1-4-18-13-6-5-11(8-14(13)21-16(18)19)12-9-17-15(20-3)7-10(12)2/h5-9H,4H2,1-3H3. The quantitative estimate of drug-likeness (QED) is 0.742. The first-order valence-electron chi connectivity index (χ1n) is 6.78. The minimum atomic E-state index is -0.325. The van der Waals surface area contributed by atoms with E-state index in [2.05, 4.69) is 4.98 Å². The average Bonchev–Trinajstić information content (AvgIpc) is 2.81. The SMILES string of the molecule is CCn1c(=O)oc2cc(-c3cnc(OC)cc3C)ccc21. The molecule has 0 spiro atoms. The van der Waals surface area contributed by atoms with E-state index in [1.165, 1.54) is 0 Å². The topological polar surface area (TPSA) is 57.3 Å². The molecule has 0 atom stereocenters. The van der Waals surface area contributed by atoms with Gasteiger partial charge in [-0.1, -0.05) is 6.07 Å². The van der Waals surface area contributed by atoms with Crippen molar-refractivity contribution in [3.8, 4) is 17.0 Å². The molecule has 0 unspecified atom stereocenters.